The van der Waals surface area contributed by atoms with Gasteiger partial charge in [0, 0.05) is 6.42 Å². The molecule has 0 aliphatic carbocycles. The van der Waals surface area contributed by atoms with Gasteiger partial charge in [0.05, 0.1) is 6.61 Å². The molecule has 0 bridgehead atoms. The Kier molecular flexibility index (Phi) is 5.84. The molecule has 3 N–H and O–H groups in total. The highest BCUT2D eigenvalue weighted by Gasteiger charge is 2.21. The number of nitrogens with one attached hydrogen (secondary N) is 1. The summed E-state index contributed by atoms with van der Waals surface area (Å²) in [4.78, 5) is 31.6. The van der Waals surface area contributed by atoms with Gasteiger partial charge >= 0.3 is 18.0 Å². The first kappa shape index (κ1) is 13.2. The monoisotopic (exact) mass is 219 g/mol. The van der Waals surface area contributed by atoms with E-state index in [2.05, 4.69) is 4.74 Å². The zero-order chi connectivity index (χ0) is 11.8. The maximum absolute atomic E-state index is 10.9. The average Bonchev–Trinajstić information content (AvgIpc) is 2.11. The fourth-order valence-electron chi connectivity index (χ4n) is 0.840. The number of aliphatic carboxylic acids is 2. The Morgan fingerprint density at radius 2 is 1.93 bits per heavy atom. The second-order valence-electron chi connectivity index (χ2n) is 2.69. The lowest BCUT2D eigenvalue weighted by molar-refractivity contribution is -0.140. The summed E-state index contributed by atoms with van der Waals surface area (Å²) in [6.07, 6.45) is -1.37. The first-order chi connectivity index (χ1) is 6.97. The molecule has 0 aliphatic rings. The third kappa shape index (κ3) is 6.30. The minimum atomic E-state index is -1.29. The normalized spacial score (nSPS) is 11.5. The Hall–Kier alpha value is -1.79. The van der Waals surface area contributed by atoms with Gasteiger partial charge in [0.2, 0.25) is 0 Å². The molecule has 0 fully saturated rings. The van der Waals surface area contributed by atoms with Gasteiger partial charge in [-0.3, -0.25) is 4.79 Å². The summed E-state index contributed by atoms with van der Waals surface area (Å²) in [6.45, 7) is 1.70. The molecule has 0 radical (unpaired) electrons. The Morgan fingerprint density at radius 3 is 2.33 bits per heavy atom. The molecular weight excluding hydrogens is 206 g/mol. The van der Waals surface area contributed by atoms with E-state index < -0.39 is 24.1 Å². The van der Waals surface area contributed by atoms with Crippen LogP contribution in [0, 0.1) is 0 Å². The summed E-state index contributed by atoms with van der Waals surface area (Å²) in [5, 5.41) is 19.0. The highest BCUT2D eigenvalue weighted by Crippen LogP contribution is 1.98. The maximum Gasteiger partial charge on any atom is 0.407 e. The number of carboxylic acids is 2. The standard InChI is InChI=1S/C8H13NO6/c1-2-15-8(14)9-5(7(12)13)3-4-6(10)11/h5H,2-4H2,1H3,(H,9,14)(H,10,11)(H,12,13). The molecule has 0 aromatic heterocycles. The Labute approximate surface area is 86.0 Å². The van der Waals surface area contributed by atoms with Gasteiger partial charge in [-0.1, -0.05) is 0 Å². The third-order valence-electron chi connectivity index (χ3n) is 1.51. The summed E-state index contributed by atoms with van der Waals surface area (Å²) in [7, 11) is 0. The van der Waals surface area contributed by atoms with Crippen molar-refractivity contribution in [2.24, 2.45) is 0 Å². The quantitative estimate of drug-likeness (QED) is 0.581. The molecule has 7 heteroatoms. The van der Waals surface area contributed by atoms with Gasteiger partial charge in [-0.2, -0.15) is 0 Å². The number of carboxylic acid groups (broad SMARTS) is 2. The minimum absolute atomic E-state index is 0.122. The van der Waals surface area contributed by atoms with E-state index in [1.165, 1.54) is 0 Å². The van der Waals surface area contributed by atoms with Crippen LogP contribution < -0.4 is 5.32 Å². The third-order valence-corrected chi connectivity index (χ3v) is 1.51. The Morgan fingerprint density at radius 1 is 1.33 bits per heavy atom. The molecule has 0 saturated heterocycles. The SMILES string of the molecule is CCOC(=O)NC(CCC(=O)O)C(=O)O. The van der Waals surface area contributed by atoms with Crippen LogP contribution in [0.2, 0.25) is 0 Å². The Bertz CT molecular complexity index is 252. The van der Waals surface area contributed by atoms with Gasteiger partial charge in [-0.25, -0.2) is 9.59 Å². The molecule has 0 saturated carbocycles. The first-order valence-corrected chi connectivity index (χ1v) is 4.35. The van der Waals surface area contributed by atoms with E-state index in [1.54, 1.807) is 6.92 Å². The lowest BCUT2D eigenvalue weighted by atomic mass is 10.1. The molecule has 1 unspecified atom stereocenters. The average molecular weight is 219 g/mol. The minimum Gasteiger partial charge on any atom is -0.481 e. The summed E-state index contributed by atoms with van der Waals surface area (Å²) in [5.74, 6) is -2.41. The number of alkyl carbamates (subject to hydrolysis) is 1. The van der Waals surface area contributed by atoms with Crippen molar-refractivity contribution in [3.05, 3.63) is 0 Å². The number of ether oxygens (including phenoxy) is 1. The molecule has 0 heterocycles. The van der Waals surface area contributed by atoms with Crippen molar-refractivity contribution < 1.29 is 29.3 Å². The van der Waals surface area contributed by atoms with Crippen molar-refractivity contribution in [3.8, 4) is 0 Å². The smallest absolute Gasteiger partial charge is 0.407 e. The summed E-state index contributed by atoms with van der Waals surface area (Å²) >= 11 is 0. The highest BCUT2D eigenvalue weighted by atomic mass is 16.5. The predicted octanol–water partition coefficient (Wildman–Crippen LogP) is 0.0505. The summed E-state index contributed by atoms with van der Waals surface area (Å²) < 4.78 is 4.47. The fourth-order valence-corrected chi connectivity index (χ4v) is 0.840. The zero-order valence-electron chi connectivity index (χ0n) is 8.23. The van der Waals surface area contributed by atoms with E-state index >= 15 is 0 Å². The molecule has 0 aromatic rings. The van der Waals surface area contributed by atoms with E-state index in [4.69, 9.17) is 10.2 Å². The topological polar surface area (TPSA) is 113 Å². The van der Waals surface area contributed by atoms with Crippen LogP contribution in [0.25, 0.3) is 0 Å². The van der Waals surface area contributed by atoms with Crippen molar-refractivity contribution in [1.29, 1.82) is 0 Å². The van der Waals surface area contributed by atoms with Gasteiger partial charge in [-0.05, 0) is 13.3 Å². The van der Waals surface area contributed by atoms with E-state index in [1.807, 2.05) is 5.32 Å². The zero-order valence-corrected chi connectivity index (χ0v) is 8.23. The number of amides is 1. The van der Waals surface area contributed by atoms with E-state index in [0.29, 0.717) is 0 Å². The molecule has 86 valence electrons. The lowest BCUT2D eigenvalue weighted by Crippen LogP contribution is -2.41. The number of hydrogen-bond acceptors (Lipinski definition) is 4. The first-order valence-electron chi connectivity index (χ1n) is 4.35. The second-order valence-corrected chi connectivity index (χ2v) is 2.69. The summed E-state index contributed by atoms with van der Waals surface area (Å²) in [6, 6.07) is -1.24. The molecule has 1 atom stereocenters. The second kappa shape index (κ2) is 6.63. The van der Waals surface area contributed by atoms with Crippen molar-refractivity contribution >= 4 is 18.0 Å². The van der Waals surface area contributed by atoms with Crippen LogP contribution in [-0.4, -0.2) is 40.9 Å². The van der Waals surface area contributed by atoms with Crippen molar-refractivity contribution in [1.82, 2.24) is 5.32 Å². The predicted molar refractivity (Wildman–Crippen MR) is 48.5 cm³/mol. The molecule has 0 aromatic carbocycles. The van der Waals surface area contributed by atoms with Crippen molar-refractivity contribution in [2.45, 2.75) is 25.8 Å². The summed E-state index contributed by atoms with van der Waals surface area (Å²) in [5.41, 5.74) is 0. The van der Waals surface area contributed by atoms with Gasteiger partial charge < -0.3 is 20.3 Å². The molecule has 0 rings (SSSR count). The van der Waals surface area contributed by atoms with Gasteiger partial charge in [-0.15, -0.1) is 0 Å². The van der Waals surface area contributed by atoms with Crippen LogP contribution in [0.3, 0.4) is 0 Å². The Balaban J connectivity index is 4.10. The fraction of sp³-hybridized carbons (Fsp3) is 0.625. The van der Waals surface area contributed by atoms with Crippen LogP contribution in [0.1, 0.15) is 19.8 Å². The van der Waals surface area contributed by atoms with Crippen molar-refractivity contribution in [3.63, 3.8) is 0 Å². The van der Waals surface area contributed by atoms with Gasteiger partial charge in [0.1, 0.15) is 6.04 Å². The van der Waals surface area contributed by atoms with Crippen LogP contribution >= 0.6 is 0 Å². The number of carbonyl (C=O) groups is 3. The van der Waals surface area contributed by atoms with E-state index in [-0.39, 0.29) is 19.4 Å². The molecule has 15 heavy (non-hydrogen) atoms. The highest BCUT2D eigenvalue weighted by molar-refractivity contribution is 5.80. The molecule has 0 aliphatic heterocycles. The number of carbonyl (C=O) groups excluding carboxylic acids is 1. The van der Waals surface area contributed by atoms with E-state index in [0.717, 1.165) is 0 Å². The number of hydrogen-bond donors (Lipinski definition) is 3. The molecular formula is C8H13NO6. The molecule has 7 nitrogen and oxygen atoms in total. The maximum atomic E-state index is 10.9. The van der Waals surface area contributed by atoms with Crippen LogP contribution in [0.4, 0.5) is 4.79 Å². The van der Waals surface area contributed by atoms with E-state index in [9.17, 15) is 14.4 Å². The van der Waals surface area contributed by atoms with Gasteiger partial charge in [0.25, 0.3) is 0 Å². The lowest BCUT2D eigenvalue weighted by Gasteiger charge is -2.12. The largest absolute Gasteiger partial charge is 0.481 e. The molecule has 0 spiro atoms. The van der Waals surface area contributed by atoms with Crippen molar-refractivity contribution in [2.75, 3.05) is 6.61 Å². The van der Waals surface area contributed by atoms with Crippen LogP contribution in [-0.2, 0) is 14.3 Å². The van der Waals surface area contributed by atoms with Crippen LogP contribution in [0.15, 0.2) is 0 Å². The van der Waals surface area contributed by atoms with Crippen LogP contribution in [0.5, 0.6) is 0 Å². The number of rotatable bonds is 6. The van der Waals surface area contributed by atoms with Gasteiger partial charge in [0.15, 0.2) is 0 Å². The molecule has 1 amide bonds.